The van der Waals surface area contributed by atoms with Crippen molar-refractivity contribution in [2.45, 2.75) is 11.1 Å². The van der Waals surface area contributed by atoms with Crippen molar-refractivity contribution in [1.29, 1.82) is 0 Å². The Hall–Kier alpha value is -2.06. The van der Waals surface area contributed by atoms with E-state index in [2.05, 4.69) is 4.72 Å². The van der Waals surface area contributed by atoms with E-state index in [1.54, 1.807) is 18.2 Å². The van der Waals surface area contributed by atoms with E-state index >= 15 is 0 Å². The third-order valence-corrected chi connectivity index (χ3v) is 5.59. The first kappa shape index (κ1) is 15.3. The lowest BCUT2D eigenvalue weighted by molar-refractivity contribution is 0.0702. The lowest BCUT2D eigenvalue weighted by atomic mass is 10.2. The standard InChI is InChI=1S/C13H13NO5S2/c1-8-3-4-9(10(7-8)19-2)14-21(17,18)12-6-5-11(20-12)13(15)16/h3-7,14H,1-2H3,(H,15,16). The maximum absolute atomic E-state index is 12.2. The second kappa shape index (κ2) is 5.74. The Morgan fingerprint density at radius 3 is 2.57 bits per heavy atom. The van der Waals surface area contributed by atoms with E-state index in [4.69, 9.17) is 9.84 Å². The molecule has 2 N–H and O–H groups in total. The molecule has 2 rings (SSSR count). The summed E-state index contributed by atoms with van der Waals surface area (Å²) in [6.45, 7) is 1.86. The van der Waals surface area contributed by atoms with E-state index in [1.165, 1.54) is 19.2 Å². The molecule has 0 saturated heterocycles. The number of carboxylic acid groups (broad SMARTS) is 1. The van der Waals surface area contributed by atoms with Gasteiger partial charge in [-0.05, 0) is 36.8 Å². The Balaban J connectivity index is 2.35. The van der Waals surface area contributed by atoms with Crippen molar-refractivity contribution in [3.05, 3.63) is 40.8 Å². The van der Waals surface area contributed by atoms with Gasteiger partial charge in [0.2, 0.25) is 0 Å². The Morgan fingerprint density at radius 2 is 2.00 bits per heavy atom. The van der Waals surface area contributed by atoms with Crippen LogP contribution >= 0.6 is 11.3 Å². The molecule has 0 amide bonds. The van der Waals surface area contributed by atoms with E-state index in [-0.39, 0.29) is 9.09 Å². The van der Waals surface area contributed by atoms with Crippen LogP contribution in [0, 0.1) is 6.92 Å². The van der Waals surface area contributed by atoms with Gasteiger partial charge < -0.3 is 9.84 Å². The van der Waals surface area contributed by atoms with Gasteiger partial charge in [0.05, 0.1) is 12.8 Å². The van der Waals surface area contributed by atoms with Gasteiger partial charge in [0.15, 0.2) is 0 Å². The van der Waals surface area contributed by atoms with Crippen LogP contribution in [0.15, 0.2) is 34.5 Å². The van der Waals surface area contributed by atoms with Crippen molar-refractivity contribution in [2.24, 2.45) is 0 Å². The summed E-state index contributed by atoms with van der Waals surface area (Å²) in [7, 11) is -2.40. The van der Waals surface area contributed by atoms with Gasteiger partial charge >= 0.3 is 5.97 Å². The number of aryl methyl sites for hydroxylation is 1. The lowest BCUT2D eigenvalue weighted by Crippen LogP contribution is -2.12. The Kier molecular flexibility index (Phi) is 4.19. The molecule has 0 aliphatic carbocycles. The van der Waals surface area contributed by atoms with Crippen LogP contribution in [0.25, 0.3) is 0 Å². The number of hydrogen-bond acceptors (Lipinski definition) is 5. The van der Waals surface area contributed by atoms with E-state index < -0.39 is 16.0 Å². The molecule has 6 nitrogen and oxygen atoms in total. The van der Waals surface area contributed by atoms with E-state index in [1.807, 2.05) is 6.92 Å². The van der Waals surface area contributed by atoms with Gasteiger partial charge in [0.1, 0.15) is 14.8 Å². The molecule has 21 heavy (non-hydrogen) atoms. The number of carbonyl (C=O) groups is 1. The summed E-state index contributed by atoms with van der Waals surface area (Å²) in [6, 6.07) is 7.56. The van der Waals surface area contributed by atoms with Crippen molar-refractivity contribution in [3.8, 4) is 5.75 Å². The van der Waals surface area contributed by atoms with Gasteiger partial charge in [-0.15, -0.1) is 11.3 Å². The van der Waals surface area contributed by atoms with Crippen molar-refractivity contribution in [2.75, 3.05) is 11.8 Å². The zero-order valence-corrected chi connectivity index (χ0v) is 12.9. The van der Waals surface area contributed by atoms with Gasteiger partial charge in [0.25, 0.3) is 10.0 Å². The monoisotopic (exact) mass is 327 g/mol. The quantitative estimate of drug-likeness (QED) is 0.880. The van der Waals surface area contributed by atoms with Crippen molar-refractivity contribution >= 4 is 33.0 Å². The predicted molar refractivity (Wildman–Crippen MR) is 79.8 cm³/mol. The van der Waals surface area contributed by atoms with E-state index in [0.29, 0.717) is 22.8 Å². The van der Waals surface area contributed by atoms with Gasteiger partial charge in [-0.25, -0.2) is 13.2 Å². The number of anilines is 1. The second-order valence-electron chi connectivity index (χ2n) is 4.23. The highest BCUT2D eigenvalue weighted by atomic mass is 32.2. The first-order chi connectivity index (χ1) is 9.83. The fraction of sp³-hybridized carbons (Fsp3) is 0.154. The van der Waals surface area contributed by atoms with Gasteiger partial charge in [-0.1, -0.05) is 6.07 Å². The molecule has 0 bridgehead atoms. The number of benzene rings is 1. The molecule has 1 heterocycles. The van der Waals surface area contributed by atoms with Crippen molar-refractivity contribution in [3.63, 3.8) is 0 Å². The molecule has 0 unspecified atom stereocenters. The number of rotatable bonds is 5. The third-order valence-electron chi connectivity index (χ3n) is 2.66. The van der Waals surface area contributed by atoms with Crippen LogP contribution in [0.2, 0.25) is 0 Å². The van der Waals surface area contributed by atoms with Crippen LogP contribution in [0.5, 0.6) is 5.75 Å². The average molecular weight is 327 g/mol. The molecule has 0 fully saturated rings. The normalized spacial score (nSPS) is 11.1. The number of hydrogen-bond donors (Lipinski definition) is 2. The highest BCUT2D eigenvalue weighted by Crippen LogP contribution is 2.29. The fourth-order valence-corrected chi connectivity index (χ4v) is 3.87. The van der Waals surface area contributed by atoms with Crippen LogP contribution in [0.3, 0.4) is 0 Å². The summed E-state index contributed by atoms with van der Waals surface area (Å²) in [5.74, 6) is -0.761. The zero-order valence-electron chi connectivity index (χ0n) is 11.3. The predicted octanol–water partition coefficient (Wildman–Crippen LogP) is 2.56. The number of nitrogens with one attached hydrogen (secondary N) is 1. The molecule has 0 radical (unpaired) electrons. The molecule has 1 aromatic carbocycles. The molecule has 0 saturated carbocycles. The Labute approximate surface area is 126 Å². The summed E-state index contributed by atoms with van der Waals surface area (Å²) >= 11 is 0.693. The van der Waals surface area contributed by atoms with E-state index in [0.717, 1.165) is 5.56 Å². The lowest BCUT2D eigenvalue weighted by Gasteiger charge is -2.11. The van der Waals surface area contributed by atoms with Crippen LogP contribution in [0.4, 0.5) is 5.69 Å². The second-order valence-corrected chi connectivity index (χ2v) is 7.23. The number of carboxylic acids is 1. The summed E-state index contributed by atoms with van der Waals surface area (Å²) < 4.78 is 31.9. The highest BCUT2D eigenvalue weighted by molar-refractivity contribution is 7.94. The van der Waals surface area contributed by atoms with Crippen LogP contribution in [0.1, 0.15) is 15.2 Å². The fourth-order valence-electron chi connectivity index (χ4n) is 1.66. The van der Waals surface area contributed by atoms with Crippen molar-refractivity contribution < 1.29 is 23.1 Å². The minimum atomic E-state index is -3.85. The zero-order chi connectivity index (χ0) is 15.6. The largest absolute Gasteiger partial charge is 0.495 e. The first-order valence-electron chi connectivity index (χ1n) is 5.84. The van der Waals surface area contributed by atoms with E-state index in [9.17, 15) is 13.2 Å². The number of sulfonamides is 1. The molecule has 112 valence electrons. The maximum Gasteiger partial charge on any atom is 0.345 e. The number of methoxy groups -OCH3 is 1. The van der Waals surface area contributed by atoms with Gasteiger partial charge in [-0.3, -0.25) is 4.72 Å². The molecule has 0 aliphatic rings. The number of ether oxygens (including phenoxy) is 1. The minimum Gasteiger partial charge on any atom is -0.495 e. The SMILES string of the molecule is COc1cc(C)ccc1NS(=O)(=O)c1ccc(C(=O)O)s1. The number of thiophene rings is 1. The van der Waals surface area contributed by atoms with Crippen LogP contribution in [-0.2, 0) is 10.0 Å². The maximum atomic E-state index is 12.2. The number of aromatic carboxylic acids is 1. The summed E-state index contributed by atoms with van der Waals surface area (Å²) in [5.41, 5.74) is 1.23. The average Bonchev–Trinajstić information content (AvgIpc) is 2.91. The third kappa shape index (κ3) is 3.34. The first-order valence-corrected chi connectivity index (χ1v) is 8.14. The smallest absolute Gasteiger partial charge is 0.345 e. The molecular weight excluding hydrogens is 314 g/mol. The summed E-state index contributed by atoms with van der Waals surface area (Å²) in [4.78, 5) is 10.8. The molecule has 0 aliphatic heterocycles. The van der Waals surface area contributed by atoms with Gasteiger partial charge in [0, 0.05) is 0 Å². The minimum absolute atomic E-state index is 0.0359. The van der Waals surface area contributed by atoms with Gasteiger partial charge in [-0.2, -0.15) is 0 Å². The molecule has 0 atom stereocenters. The van der Waals surface area contributed by atoms with Crippen LogP contribution < -0.4 is 9.46 Å². The topological polar surface area (TPSA) is 92.7 Å². The highest BCUT2D eigenvalue weighted by Gasteiger charge is 2.20. The Morgan fingerprint density at radius 1 is 1.29 bits per heavy atom. The molecule has 8 heteroatoms. The summed E-state index contributed by atoms with van der Waals surface area (Å²) in [5, 5.41) is 8.84. The van der Waals surface area contributed by atoms with Crippen LogP contribution in [-0.4, -0.2) is 26.6 Å². The van der Waals surface area contributed by atoms with Crippen molar-refractivity contribution in [1.82, 2.24) is 0 Å². The summed E-state index contributed by atoms with van der Waals surface area (Å²) in [6.07, 6.45) is 0. The Bertz CT molecular complexity index is 780. The molecule has 0 spiro atoms. The molecule has 1 aromatic heterocycles. The molecule has 2 aromatic rings. The molecular formula is C13H13NO5S2.